The number of pyridine rings is 2. The third-order valence-corrected chi connectivity index (χ3v) is 6.03. The average molecular weight is 560 g/mol. The molecule has 0 bridgehead atoms. The molecule has 0 aliphatic heterocycles. The summed E-state index contributed by atoms with van der Waals surface area (Å²) in [6.07, 6.45) is 5.33. The molecule has 0 atom stereocenters. The van der Waals surface area contributed by atoms with E-state index in [0.29, 0.717) is 70.4 Å². The molecule has 4 rings (SSSR count). The minimum atomic E-state index is 0.0240. The van der Waals surface area contributed by atoms with Gasteiger partial charge in [-0.25, -0.2) is 4.98 Å². The summed E-state index contributed by atoms with van der Waals surface area (Å²) >= 11 is 6.39. The third-order valence-electron chi connectivity index (χ3n) is 5.76. The number of hydrogen-bond donors (Lipinski definition) is 1. The van der Waals surface area contributed by atoms with E-state index in [9.17, 15) is 0 Å². The van der Waals surface area contributed by atoms with Gasteiger partial charge in [0.2, 0.25) is 5.88 Å². The van der Waals surface area contributed by atoms with Crippen LogP contribution in [0.1, 0.15) is 13.8 Å². The predicted molar refractivity (Wildman–Crippen MR) is 154 cm³/mol. The van der Waals surface area contributed by atoms with E-state index in [2.05, 4.69) is 32.7 Å². The molecule has 0 radical (unpaired) electrons. The fraction of sp³-hybridized carbons (Fsp3) is 0.448. The zero-order chi connectivity index (χ0) is 27.9. The highest BCUT2D eigenvalue weighted by Gasteiger charge is 2.12. The van der Waals surface area contributed by atoms with Crippen molar-refractivity contribution in [3.05, 3.63) is 53.9 Å². The third kappa shape index (κ3) is 8.86. The number of ether oxygens (including phenoxy) is 5. The quantitative estimate of drug-likeness (QED) is 0.193. The van der Waals surface area contributed by atoms with Gasteiger partial charge in [-0.3, -0.25) is 4.98 Å². The molecule has 0 saturated heterocycles. The van der Waals surface area contributed by atoms with Gasteiger partial charge in [-0.15, -0.1) is 0 Å². The number of halogens is 1. The van der Waals surface area contributed by atoms with Crippen molar-refractivity contribution in [2.45, 2.75) is 13.8 Å². The Kier molecular flexibility index (Phi) is 13.4. The topological polar surface area (TPSA) is 97.1 Å². The van der Waals surface area contributed by atoms with E-state index in [-0.39, 0.29) is 6.61 Å². The van der Waals surface area contributed by atoms with Crippen LogP contribution in [0.5, 0.6) is 5.88 Å². The van der Waals surface area contributed by atoms with Gasteiger partial charge < -0.3 is 33.4 Å². The minimum absolute atomic E-state index is 0.0240. The zero-order valence-corrected chi connectivity index (χ0v) is 23.7. The second-order valence-electron chi connectivity index (χ2n) is 8.22. The lowest BCUT2D eigenvalue weighted by atomic mass is 10.1. The van der Waals surface area contributed by atoms with Crippen molar-refractivity contribution < 1.29 is 28.8 Å². The number of benzene rings is 1. The number of nitrogens with zero attached hydrogens (tertiary/aromatic N) is 3. The molecule has 9 nitrogen and oxygen atoms in total. The monoisotopic (exact) mass is 559 g/mol. The Morgan fingerprint density at radius 2 is 1.36 bits per heavy atom. The van der Waals surface area contributed by atoms with E-state index in [0.717, 1.165) is 32.9 Å². The fourth-order valence-electron chi connectivity index (χ4n) is 3.97. The molecule has 39 heavy (non-hydrogen) atoms. The van der Waals surface area contributed by atoms with Gasteiger partial charge in [0.15, 0.2) is 0 Å². The van der Waals surface area contributed by atoms with E-state index < -0.39 is 0 Å². The van der Waals surface area contributed by atoms with Crippen LogP contribution in [0, 0.1) is 0 Å². The van der Waals surface area contributed by atoms with Crippen LogP contribution in [-0.2, 0) is 26.0 Å². The summed E-state index contributed by atoms with van der Waals surface area (Å²) in [5, 5.41) is 11.4. The Morgan fingerprint density at radius 1 is 0.744 bits per heavy atom. The van der Waals surface area contributed by atoms with Crippen molar-refractivity contribution in [1.29, 1.82) is 0 Å². The first kappa shape index (κ1) is 30.7. The zero-order valence-electron chi connectivity index (χ0n) is 22.9. The van der Waals surface area contributed by atoms with Crippen molar-refractivity contribution in [3.63, 3.8) is 0 Å². The number of aliphatic hydroxyl groups is 1. The molecule has 0 aliphatic rings. The molecule has 1 aromatic carbocycles. The molecule has 3 heterocycles. The highest BCUT2D eigenvalue weighted by molar-refractivity contribution is 6.36. The maximum Gasteiger partial charge on any atom is 0.213 e. The van der Waals surface area contributed by atoms with Gasteiger partial charge in [0.25, 0.3) is 0 Å². The van der Waals surface area contributed by atoms with Crippen LogP contribution in [-0.4, -0.2) is 85.7 Å². The Morgan fingerprint density at radius 3 is 1.97 bits per heavy atom. The first-order valence-electron chi connectivity index (χ1n) is 13.2. The molecular formula is C29H38ClN3O6. The lowest BCUT2D eigenvalue weighted by Gasteiger charge is -2.09. The van der Waals surface area contributed by atoms with E-state index in [1.165, 1.54) is 0 Å². The van der Waals surface area contributed by atoms with Crippen LogP contribution in [0.25, 0.3) is 32.9 Å². The maximum absolute atomic E-state index is 8.60. The van der Waals surface area contributed by atoms with Crippen molar-refractivity contribution in [1.82, 2.24) is 14.5 Å². The van der Waals surface area contributed by atoms with Crippen LogP contribution in [0.15, 0.2) is 48.9 Å². The number of aryl methyl sites for hydroxylation is 1. The van der Waals surface area contributed by atoms with Crippen molar-refractivity contribution >= 4 is 33.4 Å². The smallest absolute Gasteiger partial charge is 0.213 e. The van der Waals surface area contributed by atoms with Gasteiger partial charge in [0, 0.05) is 53.6 Å². The number of rotatable bonds is 16. The summed E-state index contributed by atoms with van der Waals surface area (Å²) < 4.78 is 29.2. The molecule has 0 spiro atoms. The summed E-state index contributed by atoms with van der Waals surface area (Å²) in [5.41, 5.74) is 4.12. The Labute approximate surface area is 234 Å². The molecule has 1 N–H and O–H groups in total. The van der Waals surface area contributed by atoms with Crippen molar-refractivity contribution in [2.75, 3.05) is 66.1 Å². The van der Waals surface area contributed by atoms with Gasteiger partial charge in [0.05, 0.1) is 70.0 Å². The molecule has 0 amide bonds. The molecule has 0 saturated carbocycles. The van der Waals surface area contributed by atoms with Crippen LogP contribution in [0.4, 0.5) is 0 Å². The van der Waals surface area contributed by atoms with Crippen LogP contribution < -0.4 is 4.74 Å². The first-order valence-corrected chi connectivity index (χ1v) is 13.6. The SMILES string of the molecule is CC.Cn1c2cc(-c3ccc(OCCOCCOCCOCCOCCO)nc3)ccc2c2cncc(Cl)c21. The Bertz CT molecular complexity index is 1270. The highest BCUT2D eigenvalue weighted by Crippen LogP contribution is 2.34. The van der Waals surface area contributed by atoms with E-state index in [4.69, 9.17) is 40.4 Å². The van der Waals surface area contributed by atoms with Gasteiger partial charge in [-0.05, 0) is 17.7 Å². The lowest BCUT2D eigenvalue weighted by Crippen LogP contribution is -2.14. The summed E-state index contributed by atoms with van der Waals surface area (Å²) in [6, 6.07) is 10.2. The Balaban J connectivity index is 0.00000205. The molecule has 0 aliphatic carbocycles. The summed E-state index contributed by atoms with van der Waals surface area (Å²) in [4.78, 5) is 8.67. The molecular weight excluding hydrogens is 522 g/mol. The second-order valence-corrected chi connectivity index (χ2v) is 8.62. The molecule has 212 valence electrons. The first-order chi connectivity index (χ1) is 19.2. The van der Waals surface area contributed by atoms with E-state index in [1.807, 2.05) is 45.4 Å². The molecule has 4 aromatic rings. The number of aromatic nitrogens is 3. The Hall–Kier alpha value is -2.79. The van der Waals surface area contributed by atoms with Gasteiger partial charge >= 0.3 is 0 Å². The van der Waals surface area contributed by atoms with Crippen LogP contribution in [0.2, 0.25) is 5.02 Å². The van der Waals surface area contributed by atoms with Gasteiger partial charge in [0.1, 0.15) is 6.61 Å². The normalized spacial score (nSPS) is 11.1. The largest absolute Gasteiger partial charge is 0.475 e. The van der Waals surface area contributed by atoms with Gasteiger partial charge in [-0.1, -0.05) is 37.6 Å². The van der Waals surface area contributed by atoms with Crippen molar-refractivity contribution in [2.24, 2.45) is 7.05 Å². The van der Waals surface area contributed by atoms with Crippen LogP contribution >= 0.6 is 11.6 Å². The molecule has 0 fully saturated rings. The summed E-state index contributed by atoms with van der Waals surface area (Å²) in [5.74, 6) is 0.548. The van der Waals surface area contributed by atoms with Gasteiger partial charge in [-0.2, -0.15) is 0 Å². The standard InChI is InChI=1S/C27H32ClN3O6.C2H6/c1-31-25-16-20(2-4-22(25)23-18-29-19-24(28)27(23)31)21-3-5-26(30-17-21)37-15-14-36-13-12-35-11-10-34-9-8-33-7-6-32;1-2/h2-5,16-19,32H,6-15H2,1H3;1-2H3. The van der Waals surface area contributed by atoms with E-state index >= 15 is 0 Å². The number of aliphatic hydroxyl groups excluding tert-OH is 1. The van der Waals surface area contributed by atoms with Crippen LogP contribution in [0.3, 0.4) is 0 Å². The lowest BCUT2D eigenvalue weighted by molar-refractivity contribution is -0.00789. The average Bonchev–Trinajstić information content (AvgIpc) is 3.26. The van der Waals surface area contributed by atoms with Crippen molar-refractivity contribution in [3.8, 4) is 17.0 Å². The number of hydrogen-bond acceptors (Lipinski definition) is 8. The minimum Gasteiger partial charge on any atom is -0.475 e. The maximum atomic E-state index is 8.60. The predicted octanol–water partition coefficient (Wildman–Crippen LogP) is 4.91. The molecule has 0 unspecified atom stereocenters. The molecule has 3 aromatic heterocycles. The summed E-state index contributed by atoms with van der Waals surface area (Å²) in [6.45, 7) is 8.11. The molecule has 10 heteroatoms. The number of fused-ring (bicyclic) bond motifs is 3. The fourth-order valence-corrected chi connectivity index (χ4v) is 4.26. The highest BCUT2D eigenvalue weighted by atomic mass is 35.5. The van der Waals surface area contributed by atoms with E-state index in [1.54, 1.807) is 6.20 Å². The second kappa shape index (κ2) is 17.0. The summed E-state index contributed by atoms with van der Waals surface area (Å²) in [7, 11) is 2.01.